The Morgan fingerprint density at radius 1 is 1.13 bits per heavy atom. The van der Waals surface area contributed by atoms with Crippen LogP contribution >= 0.6 is 12.4 Å². The van der Waals surface area contributed by atoms with Crippen LogP contribution < -0.4 is 5.73 Å². The lowest BCUT2D eigenvalue weighted by molar-refractivity contribution is 0.0578. The highest BCUT2D eigenvalue weighted by Crippen LogP contribution is 2.24. The molecule has 126 valence electrons. The molecule has 0 bridgehead atoms. The highest BCUT2D eigenvalue weighted by atomic mass is 35.5. The first-order chi connectivity index (χ1) is 10.6. The molecule has 2 aliphatic heterocycles. The van der Waals surface area contributed by atoms with E-state index in [1.165, 1.54) is 11.3 Å². The van der Waals surface area contributed by atoms with Crippen LogP contribution in [0.15, 0.2) is 24.3 Å². The third kappa shape index (κ3) is 3.27. The highest BCUT2D eigenvalue weighted by Gasteiger charge is 2.36. The third-order valence-electron chi connectivity index (χ3n) is 4.96. The molecule has 0 aliphatic carbocycles. The summed E-state index contributed by atoms with van der Waals surface area (Å²) in [6.07, 6.45) is 2.35. The fourth-order valence-corrected chi connectivity index (χ4v) is 3.66. The van der Waals surface area contributed by atoms with Crippen molar-refractivity contribution in [3.8, 4) is 0 Å². The molecule has 5 nitrogen and oxygen atoms in total. The summed E-state index contributed by atoms with van der Waals surface area (Å²) < 4.78 is 0. The molecule has 3 rings (SSSR count). The van der Waals surface area contributed by atoms with Crippen LogP contribution in [0.1, 0.15) is 40.5 Å². The Morgan fingerprint density at radius 2 is 1.74 bits per heavy atom. The van der Waals surface area contributed by atoms with E-state index in [9.17, 15) is 9.59 Å². The summed E-state index contributed by atoms with van der Waals surface area (Å²) in [5, 5.41) is 0. The van der Waals surface area contributed by atoms with Crippen LogP contribution in [0.5, 0.6) is 0 Å². The number of hydrogen-bond acceptors (Lipinski definition) is 4. The first-order valence-corrected chi connectivity index (χ1v) is 8.03. The van der Waals surface area contributed by atoms with Crippen molar-refractivity contribution in [2.24, 2.45) is 11.7 Å². The summed E-state index contributed by atoms with van der Waals surface area (Å²) in [5.41, 5.74) is 6.95. The monoisotopic (exact) mass is 337 g/mol. The number of carbonyl (C=O) groups is 2. The topological polar surface area (TPSA) is 66.6 Å². The van der Waals surface area contributed by atoms with Crippen LogP contribution in [-0.4, -0.2) is 53.8 Å². The van der Waals surface area contributed by atoms with Crippen LogP contribution in [0.3, 0.4) is 0 Å². The van der Waals surface area contributed by atoms with Gasteiger partial charge in [0.15, 0.2) is 0 Å². The number of rotatable bonds is 4. The molecule has 0 spiro atoms. The predicted molar refractivity (Wildman–Crippen MR) is 91.9 cm³/mol. The van der Waals surface area contributed by atoms with Gasteiger partial charge in [-0.2, -0.15) is 0 Å². The number of halogens is 1. The zero-order valence-corrected chi connectivity index (χ0v) is 14.2. The SMILES string of the molecule is CC1CCCN(CCN2C(=O)c3ccccc3C2=O)C1CN.Cl. The number of hydrogen-bond donors (Lipinski definition) is 1. The molecule has 2 aliphatic rings. The molecule has 6 heteroatoms. The second-order valence-corrected chi connectivity index (χ2v) is 6.27. The minimum atomic E-state index is -0.171. The number of benzene rings is 1. The lowest BCUT2D eigenvalue weighted by Crippen LogP contribution is -2.51. The average molecular weight is 338 g/mol. The standard InChI is InChI=1S/C17H23N3O2.ClH/c1-12-5-4-8-19(15(12)11-18)9-10-20-16(21)13-6-2-3-7-14(13)17(20)22;/h2-3,6-7,12,15H,4-5,8-11,18H2,1H3;1H. The molecule has 1 aromatic carbocycles. The van der Waals surface area contributed by atoms with Crippen molar-refractivity contribution in [3.05, 3.63) is 35.4 Å². The second kappa shape index (κ2) is 7.43. The molecular formula is C17H24ClN3O2. The third-order valence-corrected chi connectivity index (χ3v) is 4.96. The van der Waals surface area contributed by atoms with Crippen molar-refractivity contribution in [3.63, 3.8) is 0 Å². The van der Waals surface area contributed by atoms with Crippen LogP contribution in [0.25, 0.3) is 0 Å². The fraction of sp³-hybridized carbons (Fsp3) is 0.529. The maximum atomic E-state index is 12.4. The number of carbonyl (C=O) groups excluding carboxylic acids is 2. The predicted octanol–water partition coefficient (Wildman–Crippen LogP) is 1.76. The first-order valence-electron chi connectivity index (χ1n) is 8.03. The minimum absolute atomic E-state index is 0. The molecule has 0 aromatic heterocycles. The average Bonchev–Trinajstić information content (AvgIpc) is 2.77. The largest absolute Gasteiger partial charge is 0.329 e. The van der Waals surface area contributed by atoms with Crippen molar-refractivity contribution in [2.45, 2.75) is 25.8 Å². The smallest absolute Gasteiger partial charge is 0.261 e. The Kier molecular flexibility index (Phi) is 5.79. The highest BCUT2D eigenvalue weighted by molar-refractivity contribution is 6.21. The van der Waals surface area contributed by atoms with Gasteiger partial charge in [-0.15, -0.1) is 12.4 Å². The molecule has 2 atom stereocenters. The van der Waals surface area contributed by atoms with Gasteiger partial charge in [-0.05, 0) is 37.4 Å². The Morgan fingerprint density at radius 3 is 2.30 bits per heavy atom. The molecule has 2 unspecified atom stereocenters. The Bertz CT molecular complexity index is 558. The number of nitrogens with zero attached hydrogens (tertiary/aromatic N) is 2. The van der Waals surface area contributed by atoms with E-state index in [4.69, 9.17) is 5.73 Å². The van der Waals surface area contributed by atoms with Crippen LogP contribution in [0, 0.1) is 5.92 Å². The van der Waals surface area contributed by atoms with Gasteiger partial charge in [-0.3, -0.25) is 19.4 Å². The summed E-state index contributed by atoms with van der Waals surface area (Å²) in [5.74, 6) is 0.228. The van der Waals surface area contributed by atoms with Gasteiger partial charge in [0.05, 0.1) is 11.1 Å². The maximum Gasteiger partial charge on any atom is 0.261 e. The van der Waals surface area contributed by atoms with E-state index in [1.807, 2.05) is 0 Å². The number of amides is 2. The molecule has 2 amide bonds. The van der Waals surface area contributed by atoms with Gasteiger partial charge in [0.2, 0.25) is 0 Å². The van der Waals surface area contributed by atoms with Crippen LogP contribution in [0.2, 0.25) is 0 Å². The van der Waals surface area contributed by atoms with Gasteiger partial charge in [0.1, 0.15) is 0 Å². The first kappa shape index (κ1) is 17.9. The van der Waals surface area contributed by atoms with Gasteiger partial charge in [0.25, 0.3) is 11.8 Å². The summed E-state index contributed by atoms with van der Waals surface area (Å²) in [6.45, 7) is 5.00. The lowest BCUT2D eigenvalue weighted by Gasteiger charge is -2.39. The number of imide groups is 1. The van der Waals surface area contributed by atoms with E-state index in [0.29, 0.717) is 42.7 Å². The van der Waals surface area contributed by atoms with Crippen molar-refractivity contribution in [2.75, 3.05) is 26.2 Å². The van der Waals surface area contributed by atoms with Crippen LogP contribution in [-0.2, 0) is 0 Å². The molecule has 2 heterocycles. The fourth-order valence-electron chi connectivity index (χ4n) is 3.66. The van der Waals surface area contributed by atoms with Gasteiger partial charge in [-0.1, -0.05) is 19.1 Å². The zero-order valence-electron chi connectivity index (χ0n) is 13.4. The van der Waals surface area contributed by atoms with Crippen molar-refractivity contribution in [1.29, 1.82) is 0 Å². The molecule has 1 fully saturated rings. The van der Waals surface area contributed by atoms with E-state index in [0.717, 1.165) is 13.0 Å². The molecule has 23 heavy (non-hydrogen) atoms. The van der Waals surface area contributed by atoms with E-state index in [-0.39, 0.29) is 24.2 Å². The molecule has 1 aromatic rings. The number of nitrogens with two attached hydrogens (primary N) is 1. The number of fused-ring (bicyclic) bond motifs is 1. The summed E-state index contributed by atoms with van der Waals surface area (Å²) in [7, 11) is 0. The summed E-state index contributed by atoms with van der Waals surface area (Å²) in [4.78, 5) is 28.4. The van der Waals surface area contributed by atoms with Crippen molar-refractivity contribution in [1.82, 2.24) is 9.80 Å². The van der Waals surface area contributed by atoms with Gasteiger partial charge >= 0.3 is 0 Å². The van der Waals surface area contributed by atoms with Gasteiger partial charge in [0, 0.05) is 25.7 Å². The minimum Gasteiger partial charge on any atom is -0.329 e. The Labute approximate surface area is 143 Å². The van der Waals surface area contributed by atoms with Crippen LogP contribution in [0.4, 0.5) is 0 Å². The number of likely N-dealkylation sites (tertiary alicyclic amines) is 1. The van der Waals surface area contributed by atoms with E-state index in [1.54, 1.807) is 24.3 Å². The Balaban J connectivity index is 0.00000192. The molecule has 0 radical (unpaired) electrons. The van der Waals surface area contributed by atoms with E-state index >= 15 is 0 Å². The van der Waals surface area contributed by atoms with Gasteiger partial charge in [-0.25, -0.2) is 0 Å². The second-order valence-electron chi connectivity index (χ2n) is 6.27. The molecule has 0 saturated carbocycles. The maximum absolute atomic E-state index is 12.4. The quantitative estimate of drug-likeness (QED) is 0.850. The van der Waals surface area contributed by atoms with E-state index in [2.05, 4.69) is 11.8 Å². The zero-order chi connectivity index (χ0) is 15.7. The van der Waals surface area contributed by atoms with Crippen molar-refractivity contribution >= 4 is 24.2 Å². The number of piperidine rings is 1. The van der Waals surface area contributed by atoms with Crippen molar-refractivity contribution < 1.29 is 9.59 Å². The van der Waals surface area contributed by atoms with Gasteiger partial charge < -0.3 is 5.73 Å². The lowest BCUT2D eigenvalue weighted by atomic mass is 9.91. The molecule has 1 saturated heterocycles. The van der Waals surface area contributed by atoms with E-state index < -0.39 is 0 Å². The Hall–Kier alpha value is -1.43. The summed E-state index contributed by atoms with van der Waals surface area (Å²) in [6, 6.07) is 7.39. The summed E-state index contributed by atoms with van der Waals surface area (Å²) >= 11 is 0. The molecular weight excluding hydrogens is 314 g/mol. The normalized spacial score (nSPS) is 24.5. The molecule has 2 N–H and O–H groups in total.